The first-order valence-corrected chi connectivity index (χ1v) is 8.54. The fourth-order valence-corrected chi connectivity index (χ4v) is 2.99. The van der Waals surface area contributed by atoms with Gasteiger partial charge in [-0.25, -0.2) is 4.98 Å². The Morgan fingerprint density at radius 1 is 1.04 bits per heavy atom. The van der Waals surface area contributed by atoms with E-state index >= 15 is 0 Å². The summed E-state index contributed by atoms with van der Waals surface area (Å²) in [6.45, 7) is 4.47. The van der Waals surface area contributed by atoms with Gasteiger partial charge in [-0.3, -0.25) is 4.90 Å². The molecule has 2 aromatic rings. The molecule has 1 saturated heterocycles. The van der Waals surface area contributed by atoms with Gasteiger partial charge in [-0.15, -0.1) is 24.8 Å². The van der Waals surface area contributed by atoms with Crippen LogP contribution in [-0.2, 0) is 0 Å². The molecule has 144 valence electrons. The fraction of sp³-hybridized carbons (Fsp3) is 0.389. The third-order valence-corrected chi connectivity index (χ3v) is 4.39. The Hall–Kier alpha value is -1.24. The van der Waals surface area contributed by atoms with Crippen molar-refractivity contribution in [2.75, 3.05) is 44.2 Å². The predicted octanol–water partition coefficient (Wildman–Crippen LogP) is 3.14. The van der Waals surface area contributed by atoms with Crippen LogP contribution < -0.4 is 9.64 Å². The van der Waals surface area contributed by atoms with Gasteiger partial charge in [0.05, 0.1) is 5.02 Å². The minimum absolute atomic E-state index is 0. The maximum Gasteiger partial charge on any atom is 0.138 e. The third-order valence-electron chi connectivity index (χ3n) is 4.08. The van der Waals surface area contributed by atoms with Crippen molar-refractivity contribution >= 4 is 42.2 Å². The van der Waals surface area contributed by atoms with E-state index in [0.29, 0.717) is 17.3 Å². The summed E-state index contributed by atoms with van der Waals surface area (Å²) in [6, 6.07) is 13.3. The van der Waals surface area contributed by atoms with Crippen LogP contribution in [0.15, 0.2) is 48.7 Å². The number of benzene rings is 1. The van der Waals surface area contributed by atoms with E-state index in [9.17, 15) is 5.11 Å². The van der Waals surface area contributed by atoms with E-state index in [1.807, 2.05) is 36.5 Å². The number of hydrogen-bond donors (Lipinski definition) is 1. The van der Waals surface area contributed by atoms with Crippen LogP contribution >= 0.6 is 36.4 Å². The molecule has 1 aromatic carbocycles. The van der Waals surface area contributed by atoms with Gasteiger partial charge in [0, 0.05) is 38.9 Å². The number of para-hydroxylation sites is 1. The molecule has 1 N–H and O–H groups in total. The number of β-amino-alcohol motifs (C(OH)–C–C–N with tert-alkyl or cyclic N) is 1. The van der Waals surface area contributed by atoms with Gasteiger partial charge >= 0.3 is 0 Å². The zero-order chi connectivity index (χ0) is 16.8. The molecule has 1 atom stereocenters. The summed E-state index contributed by atoms with van der Waals surface area (Å²) in [5.74, 6) is 1.62. The van der Waals surface area contributed by atoms with Crippen LogP contribution in [0.1, 0.15) is 0 Å². The fourth-order valence-electron chi connectivity index (χ4n) is 2.80. The molecule has 1 aliphatic heterocycles. The first-order chi connectivity index (χ1) is 11.7. The molecule has 0 bridgehead atoms. The number of rotatable bonds is 6. The number of anilines is 1. The molecule has 1 aromatic heterocycles. The van der Waals surface area contributed by atoms with Gasteiger partial charge in [0.25, 0.3) is 0 Å². The van der Waals surface area contributed by atoms with Gasteiger partial charge in [0.1, 0.15) is 24.3 Å². The Bertz CT molecular complexity index is 641. The maximum absolute atomic E-state index is 10.2. The second-order valence-electron chi connectivity index (χ2n) is 5.87. The van der Waals surface area contributed by atoms with Crippen molar-refractivity contribution in [1.29, 1.82) is 0 Å². The monoisotopic (exact) mass is 419 g/mol. The number of halogens is 3. The average molecular weight is 421 g/mol. The van der Waals surface area contributed by atoms with Crippen LogP contribution in [0.2, 0.25) is 5.02 Å². The molecule has 0 aliphatic carbocycles. The highest BCUT2D eigenvalue weighted by atomic mass is 35.5. The molecule has 0 spiro atoms. The van der Waals surface area contributed by atoms with Crippen LogP contribution in [-0.4, -0.2) is 60.4 Å². The maximum atomic E-state index is 10.2. The Morgan fingerprint density at radius 2 is 1.73 bits per heavy atom. The lowest BCUT2D eigenvalue weighted by molar-refractivity contribution is 0.0663. The molecule has 2 heterocycles. The first kappa shape index (κ1) is 22.8. The van der Waals surface area contributed by atoms with Gasteiger partial charge in [0.15, 0.2) is 0 Å². The van der Waals surface area contributed by atoms with E-state index in [1.54, 1.807) is 12.1 Å². The molecule has 26 heavy (non-hydrogen) atoms. The lowest BCUT2D eigenvalue weighted by Gasteiger charge is -2.36. The molecule has 3 rings (SSSR count). The van der Waals surface area contributed by atoms with Crippen molar-refractivity contribution in [3.63, 3.8) is 0 Å². The summed E-state index contributed by atoms with van der Waals surface area (Å²) in [5, 5.41) is 10.8. The summed E-state index contributed by atoms with van der Waals surface area (Å²) in [4.78, 5) is 8.90. The normalized spacial score (nSPS) is 15.5. The predicted molar refractivity (Wildman–Crippen MR) is 110 cm³/mol. The average Bonchev–Trinajstić information content (AvgIpc) is 2.62. The highest BCUT2D eigenvalue weighted by Gasteiger charge is 2.20. The van der Waals surface area contributed by atoms with Crippen LogP contribution in [0.3, 0.4) is 0 Å². The number of aromatic nitrogens is 1. The summed E-state index contributed by atoms with van der Waals surface area (Å²) in [6.07, 6.45) is 1.28. The van der Waals surface area contributed by atoms with E-state index in [4.69, 9.17) is 16.3 Å². The van der Waals surface area contributed by atoms with Gasteiger partial charge in [-0.2, -0.15) is 0 Å². The lowest BCUT2D eigenvalue weighted by atomic mass is 10.2. The molecule has 1 fully saturated rings. The Labute approximate surface area is 171 Å². The van der Waals surface area contributed by atoms with Crippen LogP contribution in [0.5, 0.6) is 5.75 Å². The number of piperazine rings is 1. The van der Waals surface area contributed by atoms with E-state index in [2.05, 4.69) is 14.8 Å². The van der Waals surface area contributed by atoms with Crippen LogP contribution in [0.25, 0.3) is 0 Å². The van der Waals surface area contributed by atoms with Gasteiger partial charge < -0.3 is 14.7 Å². The van der Waals surface area contributed by atoms with Crippen molar-refractivity contribution in [2.45, 2.75) is 6.10 Å². The number of ether oxygens (including phenoxy) is 1. The topological polar surface area (TPSA) is 48.8 Å². The molecule has 0 saturated carbocycles. The minimum atomic E-state index is -0.539. The second kappa shape index (κ2) is 11.5. The van der Waals surface area contributed by atoms with Crippen molar-refractivity contribution < 1.29 is 9.84 Å². The molecule has 0 radical (unpaired) electrons. The first-order valence-electron chi connectivity index (χ1n) is 8.16. The van der Waals surface area contributed by atoms with E-state index in [0.717, 1.165) is 32.0 Å². The van der Waals surface area contributed by atoms with E-state index in [-0.39, 0.29) is 31.4 Å². The highest BCUT2D eigenvalue weighted by Crippen LogP contribution is 2.23. The number of aliphatic hydroxyl groups excluding tert-OH is 1. The number of pyridine rings is 1. The van der Waals surface area contributed by atoms with Crippen molar-refractivity contribution in [1.82, 2.24) is 9.88 Å². The van der Waals surface area contributed by atoms with Crippen molar-refractivity contribution in [3.05, 3.63) is 53.7 Å². The quantitative estimate of drug-likeness (QED) is 0.778. The zero-order valence-corrected chi connectivity index (χ0v) is 16.7. The third kappa shape index (κ3) is 6.49. The summed E-state index contributed by atoms with van der Waals surface area (Å²) < 4.78 is 5.60. The Balaban J connectivity index is 0.00000169. The van der Waals surface area contributed by atoms with Crippen molar-refractivity contribution in [2.24, 2.45) is 0 Å². The molecule has 1 unspecified atom stereocenters. The van der Waals surface area contributed by atoms with Gasteiger partial charge in [0.2, 0.25) is 0 Å². The molecular weight excluding hydrogens is 397 g/mol. The summed E-state index contributed by atoms with van der Waals surface area (Å²) in [7, 11) is 0. The number of hydrogen-bond acceptors (Lipinski definition) is 5. The molecular formula is C18H24Cl3N3O2. The Kier molecular flexibility index (Phi) is 10.1. The lowest BCUT2D eigenvalue weighted by Crippen LogP contribution is -2.49. The molecule has 0 amide bonds. The van der Waals surface area contributed by atoms with Crippen molar-refractivity contribution in [3.8, 4) is 5.75 Å². The summed E-state index contributed by atoms with van der Waals surface area (Å²) in [5.41, 5.74) is 0. The summed E-state index contributed by atoms with van der Waals surface area (Å²) >= 11 is 6.05. The molecule has 8 heteroatoms. The Morgan fingerprint density at radius 3 is 2.38 bits per heavy atom. The van der Waals surface area contributed by atoms with Crippen LogP contribution in [0, 0.1) is 0 Å². The van der Waals surface area contributed by atoms with E-state index in [1.165, 1.54) is 0 Å². The number of nitrogens with zero attached hydrogens (tertiary/aromatic N) is 3. The molecule has 1 aliphatic rings. The minimum Gasteiger partial charge on any atom is -0.489 e. The number of aliphatic hydroxyl groups is 1. The second-order valence-corrected chi connectivity index (χ2v) is 6.28. The van der Waals surface area contributed by atoms with Gasteiger partial charge in [-0.05, 0) is 24.3 Å². The van der Waals surface area contributed by atoms with E-state index < -0.39 is 6.10 Å². The highest BCUT2D eigenvalue weighted by molar-refractivity contribution is 6.32. The molecule has 5 nitrogen and oxygen atoms in total. The van der Waals surface area contributed by atoms with Gasteiger partial charge in [-0.1, -0.05) is 29.8 Å². The zero-order valence-electron chi connectivity index (χ0n) is 14.3. The largest absolute Gasteiger partial charge is 0.489 e. The SMILES string of the molecule is Cl.Cl.OC(COc1ccccc1Cl)CN1CCN(c2ccccn2)CC1. The standard InChI is InChI=1S/C18H22ClN3O2.2ClH/c19-16-5-1-2-6-17(16)24-14-15(23)13-21-9-11-22(12-10-21)18-7-3-4-8-20-18;;/h1-8,15,23H,9-14H2;2*1H. The smallest absolute Gasteiger partial charge is 0.138 e. The van der Waals surface area contributed by atoms with Crippen LogP contribution in [0.4, 0.5) is 5.82 Å².